The molecule has 0 amide bonds. The maximum atomic E-state index is 12.4. The first-order valence-electron chi connectivity index (χ1n) is 8.39. The SMILES string of the molecule is Br.COc1ccc(C(=O)C[n+]2ccc(-c3ccc(OC)c(OC)c3)nc2)cc1. The third kappa shape index (κ3) is 4.86. The Bertz CT molecular complexity index is 928. The highest BCUT2D eigenvalue weighted by atomic mass is 79.9. The number of rotatable bonds is 7. The van der Waals surface area contributed by atoms with Gasteiger partial charge in [0.1, 0.15) is 5.75 Å². The first-order valence-corrected chi connectivity index (χ1v) is 8.39. The molecule has 0 bridgehead atoms. The zero-order valence-corrected chi connectivity index (χ0v) is 17.6. The summed E-state index contributed by atoms with van der Waals surface area (Å²) in [7, 11) is 4.79. The molecule has 0 saturated carbocycles. The van der Waals surface area contributed by atoms with Crippen molar-refractivity contribution in [3.8, 4) is 28.5 Å². The Labute approximate surface area is 174 Å². The van der Waals surface area contributed by atoms with Crippen molar-refractivity contribution in [2.45, 2.75) is 6.54 Å². The summed E-state index contributed by atoms with van der Waals surface area (Å²) in [5.41, 5.74) is 2.32. The van der Waals surface area contributed by atoms with Crippen LogP contribution in [0.3, 0.4) is 0 Å². The quantitative estimate of drug-likeness (QED) is 0.411. The molecule has 0 aliphatic heterocycles. The van der Waals surface area contributed by atoms with Crippen LogP contribution in [0, 0.1) is 0 Å². The number of benzene rings is 2. The third-order valence-corrected chi connectivity index (χ3v) is 4.19. The zero-order valence-electron chi connectivity index (χ0n) is 15.9. The van der Waals surface area contributed by atoms with Crippen LogP contribution in [-0.2, 0) is 6.54 Å². The minimum atomic E-state index is 0. The number of halogens is 1. The largest absolute Gasteiger partial charge is 0.497 e. The van der Waals surface area contributed by atoms with Crippen molar-refractivity contribution in [3.63, 3.8) is 0 Å². The lowest BCUT2D eigenvalue weighted by Crippen LogP contribution is -2.37. The van der Waals surface area contributed by atoms with E-state index in [1.807, 2.05) is 30.5 Å². The lowest BCUT2D eigenvalue weighted by molar-refractivity contribution is -0.686. The average Bonchev–Trinajstić information content (AvgIpc) is 2.73. The highest BCUT2D eigenvalue weighted by Gasteiger charge is 2.13. The predicted molar refractivity (Wildman–Crippen MR) is 111 cm³/mol. The molecule has 1 heterocycles. The molecule has 146 valence electrons. The number of ketones is 1. The Balaban J connectivity index is 0.00000280. The third-order valence-electron chi connectivity index (χ3n) is 4.19. The van der Waals surface area contributed by atoms with Crippen LogP contribution < -0.4 is 18.8 Å². The number of methoxy groups -OCH3 is 3. The van der Waals surface area contributed by atoms with Gasteiger partial charge in [0.25, 0.3) is 6.33 Å². The molecule has 0 N–H and O–H groups in total. The van der Waals surface area contributed by atoms with Crippen LogP contribution in [0.1, 0.15) is 10.4 Å². The van der Waals surface area contributed by atoms with Gasteiger partial charge in [-0.15, -0.1) is 17.0 Å². The van der Waals surface area contributed by atoms with Gasteiger partial charge in [0.15, 0.2) is 23.7 Å². The van der Waals surface area contributed by atoms with Crippen LogP contribution in [0.15, 0.2) is 61.1 Å². The molecule has 7 heteroatoms. The van der Waals surface area contributed by atoms with Crippen LogP contribution in [0.25, 0.3) is 11.3 Å². The summed E-state index contributed by atoms with van der Waals surface area (Å²) in [5, 5.41) is 0. The fraction of sp³-hybridized carbons (Fsp3) is 0.190. The maximum absolute atomic E-state index is 12.4. The molecule has 6 nitrogen and oxygen atoms in total. The molecule has 1 aromatic heterocycles. The summed E-state index contributed by atoms with van der Waals surface area (Å²) < 4.78 is 17.4. The van der Waals surface area contributed by atoms with Gasteiger partial charge in [0, 0.05) is 17.2 Å². The molecule has 0 spiro atoms. The van der Waals surface area contributed by atoms with E-state index in [9.17, 15) is 4.79 Å². The number of aromatic nitrogens is 2. The highest BCUT2D eigenvalue weighted by Crippen LogP contribution is 2.31. The number of ether oxygens (including phenoxy) is 3. The lowest BCUT2D eigenvalue weighted by Gasteiger charge is -2.08. The summed E-state index contributed by atoms with van der Waals surface area (Å²) in [6.07, 6.45) is 3.48. The molecule has 0 saturated heterocycles. The van der Waals surface area contributed by atoms with E-state index in [0.29, 0.717) is 17.1 Å². The van der Waals surface area contributed by atoms with Crippen LogP contribution >= 0.6 is 17.0 Å². The molecule has 0 atom stereocenters. The molecule has 0 aliphatic carbocycles. The van der Waals surface area contributed by atoms with Gasteiger partial charge in [-0.3, -0.25) is 4.79 Å². The Kier molecular flexibility index (Phi) is 7.52. The van der Waals surface area contributed by atoms with Gasteiger partial charge < -0.3 is 14.2 Å². The summed E-state index contributed by atoms with van der Waals surface area (Å²) in [5.74, 6) is 2.03. The van der Waals surface area contributed by atoms with E-state index < -0.39 is 0 Å². The van der Waals surface area contributed by atoms with E-state index >= 15 is 0 Å². The van der Waals surface area contributed by atoms with E-state index in [1.165, 1.54) is 0 Å². The number of Topliss-reactive ketones (excluding diaryl/α,β-unsaturated/α-hetero) is 1. The van der Waals surface area contributed by atoms with Crippen LogP contribution in [-0.4, -0.2) is 32.1 Å². The van der Waals surface area contributed by atoms with E-state index in [1.54, 1.807) is 56.5 Å². The fourth-order valence-electron chi connectivity index (χ4n) is 2.68. The molecule has 0 radical (unpaired) electrons. The molecule has 3 aromatic rings. The normalized spacial score (nSPS) is 9.96. The smallest absolute Gasteiger partial charge is 0.287 e. The van der Waals surface area contributed by atoms with Gasteiger partial charge >= 0.3 is 0 Å². The maximum Gasteiger partial charge on any atom is 0.287 e. The molecule has 3 rings (SSSR count). The van der Waals surface area contributed by atoms with Gasteiger partial charge in [-0.05, 0) is 47.4 Å². The van der Waals surface area contributed by atoms with Crippen LogP contribution in [0.4, 0.5) is 0 Å². The average molecular weight is 446 g/mol. The molecular weight excluding hydrogens is 424 g/mol. The Morgan fingerprint density at radius 1 is 0.929 bits per heavy atom. The number of carbonyl (C=O) groups excluding carboxylic acids is 1. The first-order chi connectivity index (χ1) is 13.1. The first kappa shape index (κ1) is 21.4. The van der Waals surface area contributed by atoms with Crippen molar-refractivity contribution >= 4 is 22.8 Å². The van der Waals surface area contributed by atoms with E-state index in [4.69, 9.17) is 14.2 Å². The summed E-state index contributed by atoms with van der Waals surface area (Å²) >= 11 is 0. The molecule has 0 aliphatic rings. The zero-order chi connectivity index (χ0) is 19.2. The molecule has 28 heavy (non-hydrogen) atoms. The minimum absolute atomic E-state index is 0. The van der Waals surface area contributed by atoms with Gasteiger partial charge in [-0.1, -0.05) is 0 Å². The fourth-order valence-corrected chi connectivity index (χ4v) is 2.68. The van der Waals surface area contributed by atoms with Gasteiger partial charge in [0.2, 0.25) is 5.78 Å². The van der Waals surface area contributed by atoms with Crippen molar-refractivity contribution in [2.75, 3.05) is 21.3 Å². The van der Waals surface area contributed by atoms with Crippen LogP contribution in [0.2, 0.25) is 0 Å². The topological polar surface area (TPSA) is 61.5 Å². The van der Waals surface area contributed by atoms with Crippen molar-refractivity contribution < 1.29 is 23.6 Å². The Hall–Kier alpha value is -2.93. The number of hydrogen-bond donors (Lipinski definition) is 0. The predicted octanol–water partition coefficient (Wildman–Crippen LogP) is 3.52. The van der Waals surface area contributed by atoms with Gasteiger partial charge in [-0.2, -0.15) is 0 Å². The molecule has 2 aromatic carbocycles. The van der Waals surface area contributed by atoms with Crippen LogP contribution in [0.5, 0.6) is 17.2 Å². The Morgan fingerprint density at radius 2 is 1.64 bits per heavy atom. The monoisotopic (exact) mass is 445 g/mol. The van der Waals surface area contributed by atoms with E-state index in [-0.39, 0.29) is 29.3 Å². The van der Waals surface area contributed by atoms with Crippen molar-refractivity contribution in [1.29, 1.82) is 0 Å². The molecule has 0 fully saturated rings. The van der Waals surface area contributed by atoms with E-state index in [0.717, 1.165) is 17.0 Å². The second-order valence-electron chi connectivity index (χ2n) is 5.84. The Morgan fingerprint density at radius 3 is 2.21 bits per heavy atom. The second-order valence-corrected chi connectivity index (χ2v) is 5.84. The number of nitrogens with zero attached hydrogens (tertiary/aromatic N) is 2. The summed E-state index contributed by atoms with van der Waals surface area (Å²) in [4.78, 5) is 16.9. The molecular formula is C21H22BrN2O4+. The van der Waals surface area contributed by atoms with Crippen molar-refractivity contribution in [1.82, 2.24) is 4.98 Å². The van der Waals surface area contributed by atoms with Crippen molar-refractivity contribution in [3.05, 3.63) is 66.6 Å². The standard InChI is InChI=1S/C21H21N2O4.BrH/c1-25-17-7-4-15(5-8-17)19(24)13-23-11-10-18(22-14-23)16-6-9-20(26-2)21(12-16)27-3;/h4-12,14H,13H2,1-3H3;1H/q+1;. The molecule has 0 unspecified atom stereocenters. The number of hydrogen-bond acceptors (Lipinski definition) is 5. The summed E-state index contributed by atoms with van der Waals surface area (Å²) in [6, 6.07) is 14.5. The van der Waals surface area contributed by atoms with Gasteiger partial charge in [-0.25, -0.2) is 4.57 Å². The van der Waals surface area contributed by atoms with Gasteiger partial charge in [0.05, 0.1) is 27.5 Å². The lowest BCUT2D eigenvalue weighted by atomic mass is 10.1. The summed E-state index contributed by atoms with van der Waals surface area (Å²) in [6.45, 7) is 0.214. The second kappa shape index (κ2) is 9.85. The van der Waals surface area contributed by atoms with Crippen molar-refractivity contribution in [2.24, 2.45) is 0 Å². The number of carbonyl (C=O) groups is 1. The van der Waals surface area contributed by atoms with E-state index in [2.05, 4.69) is 4.98 Å². The highest BCUT2D eigenvalue weighted by molar-refractivity contribution is 8.93. The minimum Gasteiger partial charge on any atom is -0.497 e.